The fraction of sp³-hybridized carbons (Fsp3) is 0.647. The molecule has 0 amide bonds. The Labute approximate surface area is 116 Å². The second-order valence-corrected chi connectivity index (χ2v) is 6.29. The smallest absolute Gasteiger partial charge is 0.0821 e. The summed E-state index contributed by atoms with van der Waals surface area (Å²) in [5.41, 5.74) is 2.37. The van der Waals surface area contributed by atoms with Crippen molar-refractivity contribution in [3.63, 3.8) is 0 Å². The Morgan fingerprint density at radius 1 is 1.00 bits per heavy atom. The van der Waals surface area contributed by atoms with Crippen LogP contribution in [-0.2, 0) is 6.42 Å². The maximum atomic E-state index is 10.8. The zero-order chi connectivity index (χ0) is 13.1. The van der Waals surface area contributed by atoms with Crippen molar-refractivity contribution in [2.24, 2.45) is 0 Å². The highest BCUT2D eigenvalue weighted by atomic mass is 16.3. The van der Waals surface area contributed by atoms with E-state index in [-0.39, 0.29) is 0 Å². The van der Waals surface area contributed by atoms with Crippen LogP contribution in [0.3, 0.4) is 0 Å². The maximum absolute atomic E-state index is 10.8. The number of hydrogen-bond acceptors (Lipinski definition) is 2. The first-order chi connectivity index (χ1) is 9.27. The van der Waals surface area contributed by atoms with E-state index in [1.807, 2.05) is 0 Å². The topological polar surface area (TPSA) is 23.5 Å². The van der Waals surface area contributed by atoms with Gasteiger partial charge in [0, 0.05) is 18.8 Å². The van der Waals surface area contributed by atoms with Gasteiger partial charge in [0.05, 0.1) is 5.60 Å². The van der Waals surface area contributed by atoms with Gasteiger partial charge < -0.3 is 10.0 Å². The van der Waals surface area contributed by atoms with Gasteiger partial charge in [0.1, 0.15) is 0 Å². The van der Waals surface area contributed by atoms with Crippen molar-refractivity contribution in [1.82, 2.24) is 0 Å². The van der Waals surface area contributed by atoms with Gasteiger partial charge in [-0.05, 0) is 43.7 Å². The molecule has 1 aromatic rings. The largest absolute Gasteiger partial charge is 0.388 e. The number of fused-ring (bicyclic) bond motifs is 1. The first-order valence-electron chi connectivity index (χ1n) is 7.82. The molecule has 0 saturated heterocycles. The molecule has 1 heterocycles. The van der Waals surface area contributed by atoms with Crippen LogP contribution >= 0.6 is 0 Å². The number of para-hydroxylation sites is 1. The number of anilines is 1. The van der Waals surface area contributed by atoms with Crippen LogP contribution in [0.15, 0.2) is 24.3 Å². The third kappa shape index (κ3) is 2.94. The fourth-order valence-electron chi connectivity index (χ4n) is 3.66. The lowest BCUT2D eigenvalue weighted by Gasteiger charge is -2.38. The van der Waals surface area contributed by atoms with E-state index in [0.717, 1.165) is 25.9 Å². The van der Waals surface area contributed by atoms with E-state index in [1.54, 1.807) is 0 Å². The minimum atomic E-state index is -0.449. The minimum absolute atomic E-state index is 0.449. The van der Waals surface area contributed by atoms with E-state index in [4.69, 9.17) is 0 Å². The van der Waals surface area contributed by atoms with E-state index < -0.39 is 5.60 Å². The third-order valence-electron chi connectivity index (χ3n) is 4.73. The Balaban J connectivity index is 1.80. The third-order valence-corrected chi connectivity index (χ3v) is 4.73. The molecule has 0 unspecified atom stereocenters. The van der Waals surface area contributed by atoms with Crippen LogP contribution in [0.5, 0.6) is 0 Å². The summed E-state index contributed by atoms with van der Waals surface area (Å²) in [7, 11) is 0. The SMILES string of the molecule is OC1(CN2CCCCc3ccccc32)CCCCC1. The molecule has 2 aliphatic rings. The van der Waals surface area contributed by atoms with Crippen LogP contribution < -0.4 is 4.90 Å². The Hall–Kier alpha value is -1.02. The average Bonchev–Trinajstić information content (AvgIpc) is 2.62. The number of hydrogen-bond donors (Lipinski definition) is 1. The Morgan fingerprint density at radius 3 is 2.63 bits per heavy atom. The molecular formula is C17H25NO. The second-order valence-electron chi connectivity index (χ2n) is 6.29. The maximum Gasteiger partial charge on any atom is 0.0821 e. The quantitative estimate of drug-likeness (QED) is 0.878. The zero-order valence-electron chi connectivity index (χ0n) is 11.8. The van der Waals surface area contributed by atoms with Crippen molar-refractivity contribution in [1.29, 1.82) is 0 Å². The van der Waals surface area contributed by atoms with Gasteiger partial charge in [0.2, 0.25) is 0 Å². The highest BCUT2D eigenvalue weighted by Gasteiger charge is 2.32. The van der Waals surface area contributed by atoms with Gasteiger partial charge in [0.25, 0.3) is 0 Å². The molecule has 19 heavy (non-hydrogen) atoms. The molecule has 0 atom stereocenters. The van der Waals surface area contributed by atoms with Crippen LogP contribution in [0.4, 0.5) is 5.69 Å². The lowest BCUT2D eigenvalue weighted by Crippen LogP contribution is -2.45. The van der Waals surface area contributed by atoms with Gasteiger partial charge in [-0.25, -0.2) is 0 Å². The van der Waals surface area contributed by atoms with E-state index in [9.17, 15) is 5.11 Å². The average molecular weight is 259 g/mol. The molecule has 1 aliphatic heterocycles. The molecule has 3 rings (SSSR count). The number of aliphatic hydroxyl groups is 1. The van der Waals surface area contributed by atoms with Gasteiger partial charge >= 0.3 is 0 Å². The molecule has 104 valence electrons. The summed E-state index contributed by atoms with van der Waals surface area (Å²) in [5, 5.41) is 10.8. The molecule has 1 N–H and O–H groups in total. The number of β-amino-alcohol motifs (C(OH)–C–C–N with tert-alkyl or cyclic N) is 1. The number of nitrogens with zero attached hydrogens (tertiary/aromatic N) is 1. The lowest BCUT2D eigenvalue weighted by atomic mass is 9.84. The van der Waals surface area contributed by atoms with Gasteiger partial charge in [0.15, 0.2) is 0 Å². The highest BCUT2D eigenvalue weighted by Crippen LogP contribution is 2.33. The Kier molecular flexibility index (Phi) is 3.79. The predicted octanol–water partition coefficient (Wildman–Crippen LogP) is 3.52. The first kappa shape index (κ1) is 13.0. The van der Waals surface area contributed by atoms with Crippen molar-refractivity contribution in [2.75, 3.05) is 18.0 Å². The molecule has 0 radical (unpaired) electrons. The first-order valence-corrected chi connectivity index (χ1v) is 7.82. The molecule has 1 saturated carbocycles. The molecule has 1 fully saturated rings. The summed E-state index contributed by atoms with van der Waals surface area (Å²) in [6, 6.07) is 8.74. The second kappa shape index (κ2) is 5.54. The number of aryl methyl sites for hydroxylation is 1. The Morgan fingerprint density at radius 2 is 1.79 bits per heavy atom. The van der Waals surface area contributed by atoms with Gasteiger partial charge in [-0.2, -0.15) is 0 Å². The molecule has 2 heteroatoms. The normalized spacial score (nSPS) is 22.7. The minimum Gasteiger partial charge on any atom is -0.388 e. The van der Waals surface area contributed by atoms with Gasteiger partial charge in [-0.1, -0.05) is 37.5 Å². The van der Waals surface area contributed by atoms with Crippen LogP contribution in [0.2, 0.25) is 0 Å². The molecule has 2 nitrogen and oxygen atoms in total. The summed E-state index contributed by atoms with van der Waals surface area (Å²) in [5.74, 6) is 0. The summed E-state index contributed by atoms with van der Waals surface area (Å²) in [4.78, 5) is 2.44. The van der Waals surface area contributed by atoms with Crippen molar-refractivity contribution in [2.45, 2.75) is 57.0 Å². The van der Waals surface area contributed by atoms with Crippen LogP contribution in [0.25, 0.3) is 0 Å². The van der Waals surface area contributed by atoms with Crippen LogP contribution in [0, 0.1) is 0 Å². The molecule has 1 aromatic carbocycles. The van der Waals surface area contributed by atoms with Crippen molar-refractivity contribution >= 4 is 5.69 Å². The van der Waals surface area contributed by atoms with E-state index >= 15 is 0 Å². The van der Waals surface area contributed by atoms with Gasteiger partial charge in [-0.3, -0.25) is 0 Å². The van der Waals surface area contributed by atoms with Gasteiger partial charge in [-0.15, -0.1) is 0 Å². The van der Waals surface area contributed by atoms with Crippen LogP contribution in [-0.4, -0.2) is 23.8 Å². The molecular weight excluding hydrogens is 234 g/mol. The highest BCUT2D eigenvalue weighted by molar-refractivity contribution is 5.54. The molecule has 1 aliphatic carbocycles. The molecule has 0 spiro atoms. The Bertz CT molecular complexity index is 423. The van der Waals surface area contributed by atoms with Crippen molar-refractivity contribution in [3.05, 3.63) is 29.8 Å². The number of benzene rings is 1. The molecule has 0 aromatic heterocycles. The van der Waals surface area contributed by atoms with E-state index in [2.05, 4.69) is 29.2 Å². The summed E-state index contributed by atoms with van der Waals surface area (Å²) < 4.78 is 0. The van der Waals surface area contributed by atoms with E-state index in [1.165, 1.54) is 49.8 Å². The summed E-state index contributed by atoms with van der Waals surface area (Å²) in [6.07, 6.45) is 9.32. The van der Waals surface area contributed by atoms with E-state index in [0.29, 0.717) is 0 Å². The monoisotopic (exact) mass is 259 g/mol. The lowest BCUT2D eigenvalue weighted by molar-refractivity contribution is 0.0110. The summed E-state index contributed by atoms with van der Waals surface area (Å²) in [6.45, 7) is 1.92. The zero-order valence-corrected chi connectivity index (χ0v) is 11.8. The fourth-order valence-corrected chi connectivity index (χ4v) is 3.66. The van der Waals surface area contributed by atoms with Crippen LogP contribution in [0.1, 0.15) is 50.5 Å². The molecule has 0 bridgehead atoms. The van der Waals surface area contributed by atoms with Crippen molar-refractivity contribution in [3.8, 4) is 0 Å². The predicted molar refractivity (Wildman–Crippen MR) is 79.6 cm³/mol. The number of rotatable bonds is 2. The standard InChI is InChI=1S/C17H25NO/c19-17(11-5-1-6-12-17)14-18-13-7-4-9-15-8-2-3-10-16(15)18/h2-3,8,10,19H,1,4-7,9,11-14H2. The summed E-state index contributed by atoms with van der Waals surface area (Å²) >= 11 is 0. The van der Waals surface area contributed by atoms with Crippen molar-refractivity contribution < 1.29 is 5.11 Å².